The summed E-state index contributed by atoms with van der Waals surface area (Å²) in [6.07, 6.45) is 9.35. The molecular weight excluding hydrogens is 462 g/mol. The van der Waals surface area contributed by atoms with Crippen molar-refractivity contribution in [2.45, 2.75) is 20.3 Å². The largest absolute Gasteiger partial charge is 0.338 e. The van der Waals surface area contributed by atoms with Crippen LogP contribution in [0, 0.1) is 5.92 Å². The average molecular weight is 488 g/mol. The monoisotopic (exact) mass is 487 g/mol. The van der Waals surface area contributed by atoms with Gasteiger partial charge in [-0.2, -0.15) is 5.10 Å². The number of benzene rings is 1. The molecule has 1 aromatic carbocycles. The molecule has 8 nitrogen and oxygen atoms in total. The predicted molar refractivity (Wildman–Crippen MR) is 146 cm³/mol. The van der Waals surface area contributed by atoms with Gasteiger partial charge in [-0.05, 0) is 53.4 Å². The van der Waals surface area contributed by atoms with Crippen molar-refractivity contribution < 1.29 is 4.79 Å². The van der Waals surface area contributed by atoms with Crippen molar-refractivity contribution in [3.05, 3.63) is 79.5 Å². The van der Waals surface area contributed by atoms with E-state index in [4.69, 9.17) is 0 Å². The Morgan fingerprint density at radius 3 is 2.65 bits per heavy atom. The van der Waals surface area contributed by atoms with E-state index >= 15 is 0 Å². The number of carbonyl (C=O) groups is 1. The molecule has 0 saturated heterocycles. The first-order valence-corrected chi connectivity index (χ1v) is 12.2. The fourth-order valence-electron chi connectivity index (χ4n) is 4.58. The van der Waals surface area contributed by atoms with Gasteiger partial charge < -0.3 is 10.3 Å². The van der Waals surface area contributed by atoms with Gasteiger partial charge in [-0.15, -0.1) is 0 Å². The fourth-order valence-corrected chi connectivity index (χ4v) is 4.58. The summed E-state index contributed by atoms with van der Waals surface area (Å²) in [6, 6.07) is 16.1. The molecule has 3 N–H and O–H groups in total. The molecular formula is C29H25N7O. The van der Waals surface area contributed by atoms with Crippen molar-refractivity contribution in [1.82, 2.24) is 30.1 Å². The zero-order chi connectivity index (χ0) is 25.4. The summed E-state index contributed by atoms with van der Waals surface area (Å²) in [4.78, 5) is 28.8. The molecule has 6 aromatic rings. The van der Waals surface area contributed by atoms with Crippen molar-refractivity contribution in [3.63, 3.8) is 0 Å². The second-order valence-electron chi connectivity index (χ2n) is 9.49. The fraction of sp³-hybridized carbons (Fsp3) is 0.138. The van der Waals surface area contributed by atoms with E-state index < -0.39 is 0 Å². The summed E-state index contributed by atoms with van der Waals surface area (Å²) in [5.74, 6) is 0.276. The molecule has 182 valence electrons. The number of aromatic amines is 2. The standard InChI is InChI=1S/C29H25N7O/c1-17(2)10-27(37)33-21-11-20(15-31-16-21)18-5-6-25-24(12-18)28(36-35-25)26-13-23-22(7-9-32-29(23)34-26)19-4-3-8-30-14-19/h3-9,11-17H,10H2,1-2H3,(H,32,34)(H,33,37)(H,35,36). The number of nitrogens with one attached hydrogen (secondary N) is 3. The third kappa shape index (κ3) is 4.45. The maximum Gasteiger partial charge on any atom is 0.224 e. The molecule has 6 rings (SSSR count). The second-order valence-corrected chi connectivity index (χ2v) is 9.49. The number of fused-ring (bicyclic) bond motifs is 2. The third-order valence-corrected chi connectivity index (χ3v) is 6.27. The van der Waals surface area contributed by atoms with E-state index in [2.05, 4.69) is 47.6 Å². The lowest BCUT2D eigenvalue weighted by Gasteiger charge is -2.09. The van der Waals surface area contributed by atoms with E-state index in [9.17, 15) is 4.79 Å². The van der Waals surface area contributed by atoms with Gasteiger partial charge >= 0.3 is 0 Å². The maximum atomic E-state index is 12.2. The third-order valence-electron chi connectivity index (χ3n) is 6.27. The highest BCUT2D eigenvalue weighted by molar-refractivity contribution is 6.00. The summed E-state index contributed by atoms with van der Waals surface area (Å²) in [6.45, 7) is 4.05. The van der Waals surface area contributed by atoms with Crippen molar-refractivity contribution in [3.8, 4) is 33.6 Å². The molecule has 5 aromatic heterocycles. The molecule has 1 amide bonds. The van der Waals surface area contributed by atoms with Crippen molar-refractivity contribution in [2.75, 3.05) is 5.32 Å². The van der Waals surface area contributed by atoms with Crippen LogP contribution in [0.4, 0.5) is 5.69 Å². The maximum absolute atomic E-state index is 12.2. The molecule has 37 heavy (non-hydrogen) atoms. The van der Waals surface area contributed by atoms with Crippen LogP contribution in [0.5, 0.6) is 0 Å². The number of amides is 1. The van der Waals surface area contributed by atoms with Gasteiger partial charge in [0, 0.05) is 53.1 Å². The average Bonchev–Trinajstić information content (AvgIpc) is 3.52. The highest BCUT2D eigenvalue weighted by Gasteiger charge is 2.15. The summed E-state index contributed by atoms with van der Waals surface area (Å²) in [5.41, 5.74) is 8.05. The van der Waals surface area contributed by atoms with Crippen LogP contribution in [0.15, 0.2) is 79.5 Å². The molecule has 0 aliphatic heterocycles. The molecule has 5 heterocycles. The first-order chi connectivity index (χ1) is 18.0. The van der Waals surface area contributed by atoms with E-state index in [1.54, 1.807) is 24.8 Å². The summed E-state index contributed by atoms with van der Waals surface area (Å²) < 4.78 is 0. The van der Waals surface area contributed by atoms with Gasteiger partial charge in [0.05, 0.1) is 23.1 Å². The summed E-state index contributed by atoms with van der Waals surface area (Å²) >= 11 is 0. The SMILES string of the molecule is CC(C)CC(=O)Nc1cncc(-c2ccc3[nH]nc(-c4cc5c(-c6cccnc6)ccnc5[nH]4)c3c2)c1. The van der Waals surface area contributed by atoms with Gasteiger partial charge in [0.25, 0.3) is 0 Å². The Hall–Kier alpha value is -4.85. The lowest BCUT2D eigenvalue weighted by molar-refractivity contribution is -0.116. The minimum Gasteiger partial charge on any atom is -0.338 e. The van der Waals surface area contributed by atoms with Gasteiger partial charge in [0.2, 0.25) is 5.91 Å². The highest BCUT2D eigenvalue weighted by atomic mass is 16.1. The Bertz CT molecular complexity index is 1730. The van der Waals surface area contributed by atoms with Gasteiger partial charge in [0.15, 0.2) is 0 Å². The predicted octanol–water partition coefficient (Wildman–Crippen LogP) is 6.21. The lowest BCUT2D eigenvalue weighted by atomic mass is 10.0. The van der Waals surface area contributed by atoms with E-state index in [-0.39, 0.29) is 5.91 Å². The number of hydrogen-bond donors (Lipinski definition) is 3. The Morgan fingerprint density at radius 1 is 0.919 bits per heavy atom. The van der Waals surface area contributed by atoms with Gasteiger partial charge in [0.1, 0.15) is 11.3 Å². The minimum absolute atomic E-state index is 0.0143. The molecule has 8 heteroatoms. The Morgan fingerprint density at radius 2 is 1.81 bits per heavy atom. The molecule has 0 bridgehead atoms. The number of nitrogens with zero attached hydrogens (tertiary/aromatic N) is 4. The van der Waals surface area contributed by atoms with Crippen LogP contribution >= 0.6 is 0 Å². The molecule has 0 radical (unpaired) electrons. The van der Waals surface area contributed by atoms with Gasteiger partial charge in [-0.3, -0.25) is 19.9 Å². The molecule has 0 fully saturated rings. The Kier molecular flexibility index (Phi) is 5.69. The van der Waals surface area contributed by atoms with Crippen LogP contribution in [0.2, 0.25) is 0 Å². The van der Waals surface area contributed by atoms with Crippen molar-refractivity contribution in [1.29, 1.82) is 0 Å². The normalized spacial score (nSPS) is 11.4. The number of hydrogen-bond acceptors (Lipinski definition) is 5. The van der Waals surface area contributed by atoms with Gasteiger partial charge in [-0.1, -0.05) is 26.0 Å². The Labute approximate surface area is 213 Å². The molecule has 0 aliphatic carbocycles. The minimum atomic E-state index is -0.0143. The summed E-state index contributed by atoms with van der Waals surface area (Å²) in [5, 5.41) is 12.7. The zero-order valence-electron chi connectivity index (χ0n) is 20.5. The van der Waals surface area contributed by atoms with Crippen LogP contribution in [0.3, 0.4) is 0 Å². The van der Waals surface area contributed by atoms with Crippen molar-refractivity contribution >= 4 is 33.5 Å². The van der Waals surface area contributed by atoms with Crippen LogP contribution in [-0.4, -0.2) is 36.0 Å². The van der Waals surface area contributed by atoms with Gasteiger partial charge in [-0.25, -0.2) is 4.98 Å². The molecule has 0 saturated carbocycles. The van der Waals surface area contributed by atoms with E-state index in [0.717, 1.165) is 55.6 Å². The summed E-state index contributed by atoms with van der Waals surface area (Å²) in [7, 11) is 0. The van der Waals surface area contributed by atoms with E-state index in [1.807, 2.05) is 56.4 Å². The molecule has 0 unspecified atom stereocenters. The molecule has 0 atom stereocenters. The first kappa shape index (κ1) is 22.6. The zero-order valence-corrected chi connectivity index (χ0v) is 20.5. The molecule has 0 spiro atoms. The van der Waals surface area contributed by atoms with E-state index in [0.29, 0.717) is 18.0 Å². The van der Waals surface area contributed by atoms with Crippen LogP contribution in [0.1, 0.15) is 20.3 Å². The van der Waals surface area contributed by atoms with Crippen LogP contribution in [0.25, 0.3) is 55.6 Å². The quantitative estimate of drug-likeness (QED) is 0.258. The number of rotatable bonds is 6. The second kappa shape index (κ2) is 9.31. The smallest absolute Gasteiger partial charge is 0.224 e. The first-order valence-electron chi connectivity index (χ1n) is 12.2. The van der Waals surface area contributed by atoms with Crippen LogP contribution in [-0.2, 0) is 4.79 Å². The Balaban J connectivity index is 1.38. The van der Waals surface area contributed by atoms with Crippen molar-refractivity contribution in [2.24, 2.45) is 5.92 Å². The number of aromatic nitrogens is 6. The molecule has 0 aliphatic rings. The highest BCUT2D eigenvalue weighted by Crippen LogP contribution is 2.34. The van der Waals surface area contributed by atoms with Crippen LogP contribution < -0.4 is 5.32 Å². The van der Waals surface area contributed by atoms with E-state index in [1.165, 1.54) is 0 Å². The topological polar surface area (TPSA) is 112 Å². The lowest BCUT2D eigenvalue weighted by Crippen LogP contribution is -2.13. The number of anilines is 1. The number of carbonyl (C=O) groups excluding carboxylic acids is 1. The number of H-pyrrole nitrogens is 2. The number of pyridine rings is 3.